The summed E-state index contributed by atoms with van der Waals surface area (Å²) >= 11 is 0. The zero-order valence-electron chi connectivity index (χ0n) is 11.3. The van der Waals surface area contributed by atoms with E-state index in [-0.39, 0.29) is 17.2 Å². The van der Waals surface area contributed by atoms with Gasteiger partial charge in [0.05, 0.1) is 10.3 Å². The Morgan fingerprint density at radius 3 is 2.45 bits per heavy atom. The lowest BCUT2D eigenvalue weighted by Gasteiger charge is -2.28. The molecular formula is C15H15NO4. The molecule has 0 heterocycles. The first-order valence-electron chi connectivity index (χ1n) is 6.21. The van der Waals surface area contributed by atoms with Crippen molar-refractivity contribution in [2.75, 3.05) is 0 Å². The highest BCUT2D eigenvalue weighted by Crippen LogP contribution is 2.36. The van der Waals surface area contributed by atoms with Gasteiger partial charge in [0.1, 0.15) is 5.76 Å². The van der Waals surface area contributed by atoms with E-state index in [4.69, 9.17) is 0 Å². The maximum atomic E-state index is 12.5. The molecule has 5 nitrogen and oxygen atoms in total. The Kier molecular flexibility index (Phi) is 3.44. The molecule has 5 heteroatoms. The number of hydrogen-bond acceptors (Lipinski definition) is 4. The molecule has 0 bridgehead atoms. The van der Waals surface area contributed by atoms with E-state index < -0.39 is 10.3 Å². The van der Waals surface area contributed by atoms with Gasteiger partial charge in [-0.2, -0.15) is 0 Å². The van der Waals surface area contributed by atoms with Crippen molar-refractivity contribution in [1.82, 2.24) is 0 Å². The van der Waals surface area contributed by atoms with Crippen LogP contribution in [0.15, 0.2) is 47.7 Å². The van der Waals surface area contributed by atoms with Crippen LogP contribution in [0.3, 0.4) is 0 Å². The van der Waals surface area contributed by atoms with Crippen LogP contribution in [-0.4, -0.2) is 15.8 Å². The number of non-ortho nitro benzene ring substituents is 1. The summed E-state index contributed by atoms with van der Waals surface area (Å²) in [6, 6.07) is 5.58. The van der Waals surface area contributed by atoms with Crippen molar-refractivity contribution in [2.24, 2.45) is 5.41 Å². The predicted octanol–water partition coefficient (Wildman–Crippen LogP) is 3.58. The van der Waals surface area contributed by atoms with Crippen molar-refractivity contribution in [2.45, 2.75) is 20.3 Å². The molecule has 0 fully saturated rings. The molecule has 0 saturated heterocycles. The maximum Gasteiger partial charge on any atom is 0.269 e. The highest BCUT2D eigenvalue weighted by Gasteiger charge is 2.34. The number of hydrogen-bond donors (Lipinski definition) is 1. The van der Waals surface area contributed by atoms with Crippen molar-refractivity contribution in [3.63, 3.8) is 0 Å². The lowest BCUT2D eigenvalue weighted by atomic mass is 9.74. The van der Waals surface area contributed by atoms with E-state index in [9.17, 15) is 20.0 Å². The Morgan fingerprint density at radius 1 is 1.35 bits per heavy atom. The number of rotatable bonds is 3. The topological polar surface area (TPSA) is 80.4 Å². The minimum absolute atomic E-state index is 0.0420. The van der Waals surface area contributed by atoms with Crippen molar-refractivity contribution >= 4 is 11.5 Å². The quantitative estimate of drug-likeness (QED) is 0.518. The van der Waals surface area contributed by atoms with E-state index >= 15 is 0 Å². The number of carbonyl (C=O) groups excluding carboxylic acids is 1. The zero-order valence-corrected chi connectivity index (χ0v) is 11.3. The number of Topliss-reactive ketones (excluding diaryl/α,β-unsaturated/α-hetero) is 1. The molecule has 0 amide bonds. The summed E-state index contributed by atoms with van der Waals surface area (Å²) in [5, 5.41) is 20.2. The summed E-state index contributed by atoms with van der Waals surface area (Å²) in [7, 11) is 0. The van der Waals surface area contributed by atoms with Crippen LogP contribution in [-0.2, 0) is 0 Å². The van der Waals surface area contributed by atoms with Gasteiger partial charge < -0.3 is 5.11 Å². The smallest absolute Gasteiger partial charge is 0.269 e. The fourth-order valence-corrected chi connectivity index (χ4v) is 2.33. The highest BCUT2D eigenvalue weighted by atomic mass is 16.6. The van der Waals surface area contributed by atoms with Crippen LogP contribution in [0.5, 0.6) is 0 Å². The molecule has 0 radical (unpaired) electrons. The van der Waals surface area contributed by atoms with Crippen LogP contribution in [0.1, 0.15) is 30.6 Å². The molecule has 1 N–H and O–H groups in total. The molecule has 0 aromatic heterocycles. The molecule has 1 atom stereocenters. The fraction of sp³-hybridized carbons (Fsp3) is 0.267. The van der Waals surface area contributed by atoms with Crippen molar-refractivity contribution < 1.29 is 14.8 Å². The summed E-state index contributed by atoms with van der Waals surface area (Å²) in [4.78, 5) is 22.6. The molecule has 0 spiro atoms. The van der Waals surface area contributed by atoms with Crippen LogP contribution in [0.2, 0.25) is 0 Å². The molecule has 1 aliphatic rings. The molecule has 1 aliphatic carbocycles. The largest absolute Gasteiger partial charge is 0.508 e. The third-order valence-corrected chi connectivity index (χ3v) is 3.54. The standard InChI is InChI=1S/C15H15NO4/c1-10-9-15(2,8-7-13(10)17)14(18)11-3-5-12(6-4-11)16(19)20/h3-8,17H,9H2,1-2H3. The Bertz CT molecular complexity index is 628. The van der Waals surface area contributed by atoms with Gasteiger partial charge in [0.15, 0.2) is 5.78 Å². The van der Waals surface area contributed by atoms with E-state index in [1.807, 2.05) is 0 Å². The molecule has 1 aromatic carbocycles. The van der Waals surface area contributed by atoms with Gasteiger partial charge in [-0.1, -0.05) is 6.08 Å². The summed E-state index contributed by atoms with van der Waals surface area (Å²) in [5.74, 6) is 0.0782. The molecule has 1 unspecified atom stereocenters. The third-order valence-electron chi connectivity index (χ3n) is 3.54. The Labute approximate surface area is 116 Å². The van der Waals surface area contributed by atoms with Crippen molar-refractivity contribution in [3.8, 4) is 0 Å². The van der Waals surface area contributed by atoms with Gasteiger partial charge >= 0.3 is 0 Å². The average Bonchev–Trinajstić information content (AvgIpc) is 2.42. The first kappa shape index (κ1) is 14.0. The minimum atomic E-state index is -0.730. The number of ketones is 1. The fourth-order valence-electron chi connectivity index (χ4n) is 2.33. The number of carbonyl (C=O) groups is 1. The molecule has 0 aliphatic heterocycles. The summed E-state index contributed by atoms with van der Waals surface area (Å²) < 4.78 is 0. The second-order valence-corrected chi connectivity index (χ2v) is 5.23. The molecule has 20 heavy (non-hydrogen) atoms. The molecule has 1 aromatic rings. The van der Waals surface area contributed by atoms with Gasteiger partial charge in [-0.15, -0.1) is 0 Å². The van der Waals surface area contributed by atoms with E-state index in [0.717, 1.165) is 5.57 Å². The first-order valence-corrected chi connectivity index (χ1v) is 6.21. The van der Waals surface area contributed by atoms with Gasteiger partial charge in [0, 0.05) is 17.7 Å². The van der Waals surface area contributed by atoms with Crippen molar-refractivity contribution in [3.05, 3.63) is 63.4 Å². The number of benzene rings is 1. The lowest BCUT2D eigenvalue weighted by Crippen LogP contribution is -2.28. The summed E-state index contributed by atoms with van der Waals surface area (Å²) in [5.41, 5.74) is 0.411. The molecule has 104 valence electrons. The number of aliphatic hydroxyl groups excluding tert-OH is 1. The van der Waals surface area contributed by atoms with Crippen LogP contribution in [0.4, 0.5) is 5.69 Å². The number of allylic oxidation sites excluding steroid dienone is 3. The number of aliphatic hydroxyl groups is 1. The van der Waals surface area contributed by atoms with Gasteiger partial charge in [-0.3, -0.25) is 14.9 Å². The minimum Gasteiger partial charge on any atom is -0.508 e. The Balaban J connectivity index is 2.28. The number of nitrogens with zero attached hydrogens (tertiary/aromatic N) is 1. The number of nitro groups is 1. The Morgan fingerprint density at radius 2 is 1.95 bits per heavy atom. The third kappa shape index (κ3) is 2.47. The average molecular weight is 273 g/mol. The first-order chi connectivity index (χ1) is 9.33. The Hall–Kier alpha value is -2.43. The van der Waals surface area contributed by atoms with Crippen LogP contribution >= 0.6 is 0 Å². The predicted molar refractivity (Wildman–Crippen MR) is 74.6 cm³/mol. The van der Waals surface area contributed by atoms with Gasteiger partial charge in [0.25, 0.3) is 5.69 Å². The lowest BCUT2D eigenvalue weighted by molar-refractivity contribution is -0.384. The van der Waals surface area contributed by atoms with E-state index in [1.165, 1.54) is 30.3 Å². The monoisotopic (exact) mass is 273 g/mol. The SMILES string of the molecule is CC1=C(O)C=CC(C)(C(=O)c2ccc([N+](=O)[O-])cc2)C1. The van der Waals surface area contributed by atoms with E-state index in [1.54, 1.807) is 19.9 Å². The highest BCUT2D eigenvalue weighted by molar-refractivity contribution is 6.02. The second-order valence-electron chi connectivity index (χ2n) is 5.23. The van der Waals surface area contributed by atoms with E-state index in [2.05, 4.69) is 0 Å². The summed E-state index contributed by atoms with van der Waals surface area (Å²) in [6.07, 6.45) is 3.65. The van der Waals surface area contributed by atoms with Crippen molar-refractivity contribution in [1.29, 1.82) is 0 Å². The molecular weight excluding hydrogens is 258 g/mol. The van der Waals surface area contributed by atoms with Gasteiger partial charge in [0.2, 0.25) is 0 Å². The second kappa shape index (κ2) is 4.92. The normalized spacial score (nSPS) is 21.9. The van der Waals surface area contributed by atoms with Gasteiger partial charge in [-0.25, -0.2) is 0 Å². The number of nitro benzene ring substituents is 1. The maximum absolute atomic E-state index is 12.5. The van der Waals surface area contributed by atoms with Gasteiger partial charge in [-0.05, 0) is 44.1 Å². The zero-order chi connectivity index (χ0) is 14.9. The molecule has 2 rings (SSSR count). The van der Waals surface area contributed by atoms with Crippen LogP contribution in [0.25, 0.3) is 0 Å². The summed E-state index contributed by atoms with van der Waals surface area (Å²) in [6.45, 7) is 3.57. The van der Waals surface area contributed by atoms with E-state index in [0.29, 0.717) is 12.0 Å². The van der Waals surface area contributed by atoms with Crippen LogP contribution in [0, 0.1) is 15.5 Å². The molecule has 0 saturated carbocycles. The van der Waals surface area contributed by atoms with Crippen LogP contribution < -0.4 is 0 Å².